The molecule has 7 heteroatoms. The van der Waals surface area contributed by atoms with E-state index >= 15 is 0 Å². The van der Waals surface area contributed by atoms with Crippen molar-refractivity contribution in [2.45, 2.75) is 13.0 Å². The van der Waals surface area contributed by atoms with E-state index in [4.69, 9.17) is 33.2 Å². The van der Waals surface area contributed by atoms with Crippen molar-refractivity contribution in [3.63, 3.8) is 0 Å². The molecule has 0 aliphatic rings. The summed E-state index contributed by atoms with van der Waals surface area (Å²) in [6.45, 7) is 1.46. The number of nitriles is 1. The molecule has 0 aliphatic carbocycles. The molecule has 5 nitrogen and oxygen atoms in total. The van der Waals surface area contributed by atoms with Gasteiger partial charge in [-0.2, -0.15) is 5.26 Å². The quantitative estimate of drug-likeness (QED) is 0.618. The van der Waals surface area contributed by atoms with Gasteiger partial charge in [0.2, 0.25) is 0 Å². The molecule has 0 N–H and O–H groups in total. The maximum atomic E-state index is 10.7. The van der Waals surface area contributed by atoms with Crippen molar-refractivity contribution in [2.75, 3.05) is 0 Å². The van der Waals surface area contributed by atoms with Crippen LogP contribution in [0.2, 0.25) is 10.0 Å². The molecule has 1 atom stereocenters. The molecule has 0 aromatic heterocycles. The highest BCUT2D eigenvalue weighted by atomic mass is 35.5. The molecule has 0 fully saturated rings. The molecule has 84 valence electrons. The number of ether oxygens (including phenoxy) is 1. The van der Waals surface area contributed by atoms with Crippen LogP contribution in [0, 0.1) is 21.4 Å². The van der Waals surface area contributed by atoms with E-state index in [-0.39, 0.29) is 21.5 Å². The first kappa shape index (κ1) is 12.6. The molecule has 0 saturated carbocycles. The summed E-state index contributed by atoms with van der Waals surface area (Å²) in [4.78, 5) is 10.0. The summed E-state index contributed by atoms with van der Waals surface area (Å²) in [6, 6.07) is 4.10. The van der Waals surface area contributed by atoms with Crippen LogP contribution in [0.4, 0.5) is 5.69 Å². The second-order valence-electron chi connectivity index (χ2n) is 2.88. The fourth-order valence-corrected chi connectivity index (χ4v) is 1.28. The number of hydrogen-bond acceptors (Lipinski definition) is 4. The number of nitrogens with zero attached hydrogens (tertiary/aromatic N) is 2. The average Bonchev–Trinajstić information content (AvgIpc) is 2.22. The van der Waals surface area contributed by atoms with Crippen molar-refractivity contribution in [3.05, 3.63) is 32.3 Å². The van der Waals surface area contributed by atoms with Crippen molar-refractivity contribution < 1.29 is 9.66 Å². The summed E-state index contributed by atoms with van der Waals surface area (Å²) in [7, 11) is 0. The Balaban J connectivity index is 3.21. The molecule has 0 saturated heterocycles. The maximum Gasteiger partial charge on any atom is 0.312 e. The lowest BCUT2D eigenvalue weighted by Crippen LogP contribution is -2.09. The van der Waals surface area contributed by atoms with Crippen molar-refractivity contribution in [3.8, 4) is 11.8 Å². The number of hydrogen-bond donors (Lipinski definition) is 0. The van der Waals surface area contributed by atoms with E-state index in [9.17, 15) is 10.1 Å². The zero-order valence-electron chi connectivity index (χ0n) is 8.11. The molecular formula is C9H6Cl2N2O3. The van der Waals surface area contributed by atoms with Crippen molar-refractivity contribution in [2.24, 2.45) is 0 Å². The highest BCUT2D eigenvalue weighted by Gasteiger charge is 2.19. The van der Waals surface area contributed by atoms with E-state index in [0.717, 1.165) is 6.07 Å². The normalized spacial score (nSPS) is 11.6. The van der Waals surface area contributed by atoms with E-state index in [1.54, 1.807) is 6.07 Å². The lowest BCUT2D eigenvalue weighted by Gasteiger charge is -2.08. The van der Waals surface area contributed by atoms with Gasteiger partial charge in [0.1, 0.15) is 6.07 Å². The van der Waals surface area contributed by atoms with Crippen molar-refractivity contribution >= 4 is 28.9 Å². The standard InChI is InChI=1S/C9H6Cl2N2O3/c1-5(4-12)16-9-3-7(11)6(10)2-8(9)13(14)15/h2-3,5H,1H3. The second-order valence-corrected chi connectivity index (χ2v) is 3.69. The summed E-state index contributed by atoms with van der Waals surface area (Å²) in [6.07, 6.45) is -0.809. The third kappa shape index (κ3) is 2.75. The fraction of sp³-hybridized carbons (Fsp3) is 0.222. The molecule has 1 rings (SSSR count). The molecular weight excluding hydrogens is 255 g/mol. The van der Waals surface area contributed by atoms with Crippen LogP contribution in [0.15, 0.2) is 12.1 Å². The van der Waals surface area contributed by atoms with Crippen LogP contribution in [-0.2, 0) is 0 Å². The number of halogens is 2. The monoisotopic (exact) mass is 260 g/mol. The van der Waals surface area contributed by atoms with E-state index in [1.165, 1.54) is 13.0 Å². The van der Waals surface area contributed by atoms with Crippen LogP contribution in [0.5, 0.6) is 5.75 Å². The lowest BCUT2D eigenvalue weighted by atomic mass is 10.3. The highest BCUT2D eigenvalue weighted by Crippen LogP contribution is 2.36. The minimum absolute atomic E-state index is 0.0605. The number of nitro groups is 1. The van der Waals surface area contributed by atoms with Gasteiger partial charge < -0.3 is 4.74 Å². The van der Waals surface area contributed by atoms with Crippen LogP contribution < -0.4 is 4.74 Å². The predicted octanol–water partition coefficient (Wildman–Crippen LogP) is 3.19. The molecule has 0 heterocycles. The minimum Gasteiger partial charge on any atom is -0.469 e. The van der Waals surface area contributed by atoms with Gasteiger partial charge in [-0.1, -0.05) is 23.2 Å². The molecule has 1 unspecified atom stereocenters. The Morgan fingerprint density at radius 3 is 2.56 bits per heavy atom. The van der Waals surface area contributed by atoms with Gasteiger partial charge in [0.05, 0.1) is 15.0 Å². The molecule has 0 bridgehead atoms. The number of nitro benzene ring substituents is 1. The fourth-order valence-electron chi connectivity index (χ4n) is 0.972. The first-order chi connectivity index (χ1) is 7.45. The Morgan fingerprint density at radius 1 is 1.50 bits per heavy atom. The smallest absolute Gasteiger partial charge is 0.312 e. The summed E-state index contributed by atoms with van der Waals surface area (Å²) in [5.41, 5.74) is -0.323. The summed E-state index contributed by atoms with van der Waals surface area (Å²) in [5.74, 6) is -0.0755. The average molecular weight is 261 g/mol. The Kier molecular flexibility index (Phi) is 3.93. The summed E-state index contributed by atoms with van der Waals surface area (Å²) < 4.78 is 5.05. The van der Waals surface area contributed by atoms with E-state index in [1.807, 2.05) is 0 Å². The van der Waals surface area contributed by atoms with Gasteiger partial charge in [-0.05, 0) is 6.92 Å². The third-order valence-corrected chi connectivity index (χ3v) is 2.41. The minimum atomic E-state index is -0.809. The summed E-state index contributed by atoms with van der Waals surface area (Å²) >= 11 is 11.3. The molecule has 0 aliphatic heterocycles. The van der Waals surface area contributed by atoms with Gasteiger partial charge in [0.15, 0.2) is 11.9 Å². The SMILES string of the molecule is CC(C#N)Oc1cc(Cl)c(Cl)cc1[N+](=O)[O-]. The lowest BCUT2D eigenvalue weighted by molar-refractivity contribution is -0.386. The van der Waals surface area contributed by atoms with E-state index in [0.29, 0.717) is 0 Å². The van der Waals surface area contributed by atoms with Crippen LogP contribution in [0.25, 0.3) is 0 Å². The molecule has 1 aromatic carbocycles. The molecule has 1 aromatic rings. The van der Waals surface area contributed by atoms with Gasteiger partial charge in [-0.15, -0.1) is 0 Å². The second kappa shape index (κ2) is 5.01. The Labute approximate surface area is 101 Å². The van der Waals surface area contributed by atoms with Crippen LogP contribution in [0.3, 0.4) is 0 Å². The number of benzene rings is 1. The zero-order chi connectivity index (χ0) is 12.3. The zero-order valence-corrected chi connectivity index (χ0v) is 9.62. The first-order valence-electron chi connectivity index (χ1n) is 4.15. The van der Waals surface area contributed by atoms with Crippen LogP contribution >= 0.6 is 23.2 Å². The molecule has 0 amide bonds. The van der Waals surface area contributed by atoms with Gasteiger partial charge in [0, 0.05) is 12.1 Å². The van der Waals surface area contributed by atoms with Crippen LogP contribution in [-0.4, -0.2) is 11.0 Å². The Morgan fingerprint density at radius 2 is 2.06 bits per heavy atom. The topological polar surface area (TPSA) is 76.2 Å². The van der Waals surface area contributed by atoms with Gasteiger partial charge in [-0.25, -0.2) is 0 Å². The molecule has 0 radical (unpaired) electrons. The van der Waals surface area contributed by atoms with Crippen molar-refractivity contribution in [1.29, 1.82) is 5.26 Å². The van der Waals surface area contributed by atoms with Gasteiger partial charge in [0.25, 0.3) is 0 Å². The van der Waals surface area contributed by atoms with Crippen molar-refractivity contribution in [1.82, 2.24) is 0 Å². The van der Waals surface area contributed by atoms with Gasteiger partial charge >= 0.3 is 5.69 Å². The Bertz CT molecular complexity index is 471. The van der Waals surface area contributed by atoms with Crippen LogP contribution in [0.1, 0.15) is 6.92 Å². The predicted molar refractivity (Wildman–Crippen MR) is 58.8 cm³/mol. The highest BCUT2D eigenvalue weighted by molar-refractivity contribution is 6.42. The maximum absolute atomic E-state index is 10.7. The number of rotatable bonds is 3. The molecule has 0 spiro atoms. The molecule has 16 heavy (non-hydrogen) atoms. The third-order valence-electron chi connectivity index (χ3n) is 1.68. The largest absolute Gasteiger partial charge is 0.469 e. The van der Waals surface area contributed by atoms with Gasteiger partial charge in [-0.3, -0.25) is 10.1 Å². The Hall–Kier alpha value is -1.51. The summed E-state index contributed by atoms with van der Waals surface area (Å²) in [5, 5.41) is 19.4. The van der Waals surface area contributed by atoms with E-state index in [2.05, 4.69) is 0 Å². The first-order valence-corrected chi connectivity index (χ1v) is 4.91. The van der Waals surface area contributed by atoms with E-state index < -0.39 is 11.0 Å².